The molecule has 0 spiro atoms. The second kappa shape index (κ2) is 3.99. The van der Waals surface area contributed by atoms with Crippen LogP contribution in [0.3, 0.4) is 0 Å². The Balaban J connectivity index is 2.06. The highest BCUT2D eigenvalue weighted by atomic mass is 15.2. The largest absolute Gasteiger partial charge is 0.398 e. The van der Waals surface area contributed by atoms with Crippen molar-refractivity contribution >= 4 is 5.69 Å². The van der Waals surface area contributed by atoms with Gasteiger partial charge < -0.3 is 5.73 Å². The van der Waals surface area contributed by atoms with Crippen LogP contribution in [0, 0.1) is 0 Å². The van der Waals surface area contributed by atoms with Crippen LogP contribution in [-0.2, 0) is 12.0 Å². The zero-order chi connectivity index (χ0) is 12.9. The average molecular weight is 244 g/mol. The number of hydrogen-bond donors (Lipinski definition) is 1. The summed E-state index contributed by atoms with van der Waals surface area (Å²) in [5.41, 5.74) is 11.8. The molecule has 2 nitrogen and oxygen atoms in total. The first kappa shape index (κ1) is 12.0. The van der Waals surface area contributed by atoms with Crippen LogP contribution in [0.1, 0.15) is 55.7 Å². The Labute approximate surface area is 110 Å². The molecular formula is C16H24N2. The predicted molar refractivity (Wildman–Crippen MR) is 76.8 cm³/mol. The molecule has 2 heteroatoms. The molecule has 2 aliphatic rings. The lowest BCUT2D eigenvalue weighted by Gasteiger charge is -2.42. The van der Waals surface area contributed by atoms with Gasteiger partial charge in [-0.1, -0.05) is 12.5 Å². The van der Waals surface area contributed by atoms with Crippen molar-refractivity contribution in [2.45, 2.75) is 51.0 Å². The van der Waals surface area contributed by atoms with E-state index in [-0.39, 0.29) is 5.54 Å². The summed E-state index contributed by atoms with van der Waals surface area (Å²) in [5.74, 6) is 0.734. The van der Waals surface area contributed by atoms with E-state index in [4.69, 9.17) is 5.73 Å². The predicted octanol–water partition coefficient (Wildman–Crippen LogP) is 3.26. The van der Waals surface area contributed by atoms with Crippen LogP contribution < -0.4 is 5.73 Å². The molecule has 18 heavy (non-hydrogen) atoms. The molecule has 0 amide bonds. The van der Waals surface area contributed by atoms with E-state index in [2.05, 4.69) is 37.9 Å². The molecule has 1 aromatic rings. The molecule has 98 valence electrons. The van der Waals surface area contributed by atoms with Crippen molar-refractivity contribution in [3.63, 3.8) is 0 Å². The lowest BCUT2D eigenvalue weighted by Crippen LogP contribution is -2.44. The first-order valence-corrected chi connectivity index (χ1v) is 7.14. The second-order valence-corrected chi connectivity index (χ2v) is 6.50. The minimum Gasteiger partial charge on any atom is -0.398 e. The third-order valence-electron chi connectivity index (χ3n) is 5.18. The van der Waals surface area contributed by atoms with Crippen molar-refractivity contribution < 1.29 is 0 Å². The fraction of sp³-hybridized carbons (Fsp3) is 0.625. The van der Waals surface area contributed by atoms with Crippen LogP contribution in [0.25, 0.3) is 0 Å². The highest BCUT2D eigenvalue weighted by Gasteiger charge is 2.33. The molecule has 1 saturated carbocycles. The van der Waals surface area contributed by atoms with Crippen LogP contribution in [0.2, 0.25) is 0 Å². The van der Waals surface area contributed by atoms with E-state index in [0.717, 1.165) is 24.6 Å². The number of likely N-dealkylation sites (N-methyl/N-ethyl adjacent to an activating group) is 1. The van der Waals surface area contributed by atoms with Gasteiger partial charge in [0.1, 0.15) is 0 Å². The zero-order valence-corrected chi connectivity index (χ0v) is 11.8. The summed E-state index contributed by atoms with van der Waals surface area (Å²) >= 11 is 0. The van der Waals surface area contributed by atoms with E-state index in [1.165, 1.54) is 36.0 Å². The molecule has 1 aromatic carbocycles. The van der Waals surface area contributed by atoms with Crippen LogP contribution >= 0.6 is 0 Å². The molecule has 1 heterocycles. The van der Waals surface area contributed by atoms with Gasteiger partial charge in [0.2, 0.25) is 0 Å². The van der Waals surface area contributed by atoms with Gasteiger partial charge in [-0.05, 0) is 68.8 Å². The maximum atomic E-state index is 6.30. The fourth-order valence-corrected chi connectivity index (χ4v) is 3.30. The van der Waals surface area contributed by atoms with Gasteiger partial charge in [-0.2, -0.15) is 0 Å². The number of anilines is 1. The number of nitrogens with zero attached hydrogens (tertiary/aromatic N) is 1. The summed E-state index contributed by atoms with van der Waals surface area (Å²) in [6.07, 6.45) is 5.18. The van der Waals surface area contributed by atoms with E-state index in [0.29, 0.717) is 0 Å². The lowest BCUT2D eigenvalue weighted by molar-refractivity contribution is 0.143. The first-order valence-electron chi connectivity index (χ1n) is 7.14. The maximum Gasteiger partial charge on any atom is 0.0405 e. The summed E-state index contributed by atoms with van der Waals surface area (Å²) in [6.45, 7) is 5.74. The lowest BCUT2D eigenvalue weighted by atomic mass is 9.75. The Morgan fingerprint density at radius 2 is 2.00 bits per heavy atom. The summed E-state index contributed by atoms with van der Waals surface area (Å²) in [5, 5.41) is 0. The van der Waals surface area contributed by atoms with Gasteiger partial charge in [-0.25, -0.2) is 0 Å². The summed E-state index contributed by atoms with van der Waals surface area (Å²) in [7, 11) is 2.21. The first-order chi connectivity index (χ1) is 8.50. The van der Waals surface area contributed by atoms with E-state index in [1.54, 1.807) is 0 Å². The van der Waals surface area contributed by atoms with Crippen molar-refractivity contribution in [3.05, 3.63) is 28.8 Å². The Hall–Kier alpha value is -1.02. The van der Waals surface area contributed by atoms with Crippen molar-refractivity contribution in [2.24, 2.45) is 0 Å². The van der Waals surface area contributed by atoms with Gasteiger partial charge in [-0.15, -0.1) is 0 Å². The minimum absolute atomic E-state index is 0.111. The normalized spacial score (nSPS) is 23.5. The van der Waals surface area contributed by atoms with Gasteiger partial charge >= 0.3 is 0 Å². The summed E-state index contributed by atoms with van der Waals surface area (Å²) < 4.78 is 0. The van der Waals surface area contributed by atoms with Gasteiger partial charge in [0.25, 0.3) is 0 Å². The van der Waals surface area contributed by atoms with Crippen LogP contribution in [0.4, 0.5) is 5.69 Å². The van der Waals surface area contributed by atoms with Gasteiger partial charge in [0.05, 0.1) is 0 Å². The van der Waals surface area contributed by atoms with Gasteiger partial charge in [0, 0.05) is 17.8 Å². The molecule has 1 aliphatic heterocycles. The third kappa shape index (κ3) is 1.66. The molecule has 0 atom stereocenters. The monoisotopic (exact) mass is 244 g/mol. The number of fused-ring (bicyclic) bond motifs is 1. The highest BCUT2D eigenvalue weighted by molar-refractivity contribution is 5.56. The van der Waals surface area contributed by atoms with E-state index < -0.39 is 0 Å². The summed E-state index contributed by atoms with van der Waals surface area (Å²) in [4.78, 5) is 2.43. The smallest absolute Gasteiger partial charge is 0.0405 e. The van der Waals surface area contributed by atoms with Gasteiger partial charge in [0.15, 0.2) is 0 Å². The average Bonchev–Trinajstić information content (AvgIpc) is 2.24. The topological polar surface area (TPSA) is 29.3 Å². The van der Waals surface area contributed by atoms with E-state index in [1.807, 2.05) is 0 Å². The Morgan fingerprint density at radius 3 is 2.61 bits per heavy atom. The van der Waals surface area contributed by atoms with E-state index in [9.17, 15) is 0 Å². The number of benzene rings is 1. The summed E-state index contributed by atoms with van der Waals surface area (Å²) in [6, 6.07) is 4.65. The molecule has 0 aromatic heterocycles. The van der Waals surface area contributed by atoms with Crippen LogP contribution in [0.15, 0.2) is 12.1 Å². The Kier molecular flexibility index (Phi) is 2.67. The second-order valence-electron chi connectivity index (χ2n) is 6.50. The Morgan fingerprint density at radius 1 is 1.28 bits per heavy atom. The molecule has 1 fully saturated rings. The molecular weight excluding hydrogens is 220 g/mol. The van der Waals surface area contributed by atoms with Crippen LogP contribution in [-0.4, -0.2) is 18.5 Å². The standard InChI is InChI=1S/C16H24N2/c1-16(2)14-10-15(17)13(11-5-4-6-11)9-12(14)7-8-18(16)3/h9-11H,4-8,17H2,1-3H3. The molecule has 1 aliphatic carbocycles. The molecule has 2 N–H and O–H groups in total. The number of nitrogen functional groups attached to an aromatic ring is 1. The van der Waals surface area contributed by atoms with Crippen LogP contribution in [0.5, 0.6) is 0 Å². The van der Waals surface area contributed by atoms with Crippen molar-refractivity contribution in [1.29, 1.82) is 0 Å². The van der Waals surface area contributed by atoms with Crippen molar-refractivity contribution in [2.75, 3.05) is 19.3 Å². The van der Waals surface area contributed by atoms with Gasteiger partial charge in [-0.3, -0.25) is 4.90 Å². The van der Waals surface area contributed by atoms with Crippen molar-refractivity contribution in [1.82, 2.24) is 4.90 Å². The van der Waals surface area contributed by atoms with Crippen molar-refractivity contribution in [3.8, 4) is 0 Å². The number of rotatable bonds is 1. The zero-order valence-electron chi connectivity index (χ0n) is 11.8. The highest BCUT2D eigenvalue weighted by Crippen LogP contribution is 2.43. The number of nitrogens with two attached hydrogens (primary N) is 1. The molecule has 0 bridgehead atoms. The fourth-order valence-electron chi connectivity index (χ4n) is 3.30. The molecule has 0 saturated heterocycles. The molecule has 0 radical (unpaired) electrons. The third-order valence-corrected chi connectivity index (χ3v) is 5.18. The number of hydrogen-bond acceptors (Lipinski definition) is 2. The Bertz CT molecular complexity index is 472. The molecule has 3 rings (SSSR count). The van der Waals surface area contributed by atoms with E-state index >= 15 is 0 Å². The quantitative estimate of drug-likeness (QED) is 0.768. The SMILES string of the molecule is CN1CCc2cc(C3CCC3)c(N)cc2C1(C)C. The minimum atomic E-state index is 0.111. The maximum absolute atomic E-state index is 6.30. The molecule has 0 unspecified atom stereocenters.